The minimum atomic E-state index is -0.0191. The lowest BCUT2D eigenvalue weighted by Crippen LogP contribution is -2.37. The molecule has 1 amide bonds. The fourth-order valence-electron chi connectivity index (χ4n) is 3.24. The molecule has 0 saturated heterocycles. The summed E-state index contributed by atoms with van der Waals surface area (Å²) in [7, 11) is 0. The molecule has 2 aromatic heterocycles. The van der Waals surface area contributed by atoms with Crippen LogP contribution in [0.4, 0.5) is 0 Å². The smallest absolute Gasteiger partial charge is 0.272 e. The normalized spacial score (nSPS) is 13.8. The topological polar surface area (TPSA) is 55.2 Å². The number of thiophene rings is 1. The monoisotopic (exact) mass is 385 g/mol. The van der Waals surface area contributed by atoms with Gasteiger partial charge in [0.05, 0.1) is 11.3 Å². The molecule has 0 radical (unpaired) electrons. The van der Waals surface area contributed by atoms with Crippen LogP contribution in [0.3, 0.4) is 0 Å². The zero-order chi connectivity index (χ0) is 18.1. The Balaban J connectivity index is 1.50. The number of fused-ring (bicyclic) bond motifs is 2. The second-order valence-electron chi connectivity index (χ2n) is 6.20. The second-order valence-corrected chi connectivity index (χ2v) is 8.06. The first-order valence-corrected chi connectivity index (χ1v) is 10.5. The van der Waals surface area contributed by atoms with Gasteiger partial charge in [0.25, 0.3) is 5.56 Å². The average molecular weight is 386 g/mol. The number of thioether (sulfide) groups is 1. The third-order valence-electron chi connectivity index (χ3n) is 4.66. The van der Waals surface area contributed by atoms with Crippen LogP contribution in [0.25, 0.3) is 10.2 Å². The number of hydrogen-bond donors (Lipinski definition) is 0. The van der Waals surface area contributed by atoms with Gasteiger partial charge >= 0.3 is 0 Å². The van der Waals surface area contributed by atoms with Gasteiger partial charge in [-0.25, -0.2) is 4.98 Å². The van der Waals surface area contributed by atoms with Crippen molar-refractivity contribution < 1.29 is 4.79 Å². The molecule has 5 nitrogen and oxygen atoms in total. The Kier molecular flexibility index (Phi) is 4.82. The summed E-state index contributed by atoms with van der Waals surface area (Å²) in [6.45, 7) is 3.88. The minimum absolute atomic E-state index is 0.0191. The van der Waals surface area contributed by atoms with E-state index in [2.05, 4.69) is 17.1 Å². The van der Waals surface area contributed by atoms with Crippen molar-refractivity contribution in [1.82, 2.24) is 14.5 Å². The van der Waals surface area contributed by atoms with Gasteiger partial charge in [0.15, 0.2) is 5.16 Å². The van der Waals surface area contributed by atoms with Gasteiger partial charge in [0.2, 0.25) is 5.91 Å². The van der Waals surface area contributed by atoms with E-state index in [0.717, 1.165) is 13.0 Å². The van der Waals surface area contributed by atoms with Crippen LogP contribution in [-0.2, 0) is 24.3 Å². The van der Waals surface area contributed by atoms with Gasteiger partial charge in [-0.05, 0) is 35.9 Å². The van der Waals surface area contributed by atoms with Gasteiger partial charge in [0, 0.05) is 19.6 Å². The largest absolute Gasteiger partial charge is 0.337 e. The van der Waals surface area contributed by atoms with E-state index >= 15 is 0 Å². The molecule has 0 N–H and O–H groups in total. The Morgan fingerprint density at radius 1 is 1.27 bits per heavy atom. The Labute approximate surface area is 159 Å². The molecule has 1 aromatic carbocycles. The molecule has 4 rings (SSSR count). The molecule has 0 aliphatic carbocycles. The van der Waals surface area contributed by atoms with Crippen LogP contribution in [0.2, 0.25) is 0 Å². The number of aromatic nitrogens is 2. The third kappa shape index (κ3) is 3.17. The first-order chi connectivity index (χ1) is 12.7. The van der Waals surface area contributed by atoms with E-state index < -0.39 is 0 Å². The predicted molar refractivity (Wildman–Crippen MR) is 106 cm³/mol. The van der Waals surface area contributed by atoms with Gasteiger partial charge < -0.3 is 4.90 Å². The molecular weight excluding hydrogens is 366 g/mol. The van der Waals surface area contributed by atoms with Crippen LogP contribution in [-0.4, -0.2) is 32.7 Å². The van der Waals surface area contributed by atoms with Crippen molar-refractivity contribution in [2.24, 2.45) is 0 Å². The zero-order valence-corrected chi connectivity index (χ0v) is 16.1. The molecule has 0 fully saturated rings. The summed E-state index contributed by atoms with van der Waals surface area (Å²) < 4.78 is 2.33. The summed E-state index contributed by atoms with van der Waals surface area (Å²) in [5.74, 6) is 0.386. The summed E-state index contributed by atoms with van der Waals surface area (Å²) in [6, 6.07) is 10.1. The number of amides is 1. The molecule has 0 bridgehead atoms. The summed E-state index contributed by atoms with van der Waals surface area (Å²) >= 11 is 2.76. The number of carbonyl (C=O) groups is 1. The van der Waals surface area contributed by atoms with E-state index in [1.165, 1.54) is 34.2 Å². The van der Waals surface area contributed by atoms with E-state index in [1.54, 1.807) is 4.57 Å². The molecular formula is C19H19N3O2S2. The molecule has 1 aliphatic rings. The minimum Gasteiger partial charge on any atom is -0.337 e. The number of benzene rings is 1. The maximum absolute atomic E-state index is 12.7. The van der Waals surface area contributed by atoms with Crippen molar-refractivity contribution in [1.29, 1.82) is 0 Å². The lowest BCUT2D eigenvalue weighted by molar-refractivity contribution is -0.129. The molecule has 0 spiro atoms. The number of rotatable bonds is 4. The highest BCUT2D eigenvalue weighted by Gasteiger charge is 2.21. The van der Waals surface area contributed by atoms with Gasteiger partial charge in [-0.15, -0.1) is 11.3 Å². The Morgan fingerprint density at radius 3 is 2.88 bits per heavy atom. The highest BCUT2D eigenvalue weighted by molar-refractivity contribution is 7.99. The maximum Gasteiger partial charge on any atom is 0.272 e. The fourth-order valence-corrected chi connectivity index (χ4v) is 4.98. The van der Waals surface area contributed by atoms with Crippen molar-refractivity contribution in [3.05, 3.63) is 57.2 Å². The molecule has 7 heteroatoms. The van der Waals surface area contributed by atoms with Crippen LogP contribution in [0.5, 0.6) is 0 Å². The predicted octanol–water partition coefficient (Wildman–Crippen LogP) is 3.15. The molecule has 134 valence electrons. The number of carbonyl (C=O) groups excluding carboxylic acids is 1. The van der Waals surface area contributed by atoms with Crippen LogP contribution in [0.1, 0.15) is 18.1 Å². The lowest BCUT2D eigenvalue weighted by atomic mass is 10.00. The van der Waals surface area contributed by atoms with Gasteiger partial charge in [-0.3, -0.25) is 14.2 Å². The van der Waals surface area contributed by atoms with Gasteiger partial charge in [0.1, 0.15) is 4.70 Å². The van der Waals surface area contributed by atoms with Crippen LogP contribution in [0.15, 0.2) is 45.7 Å². The summed E-state index contributed by atoms with van der Waals surface area (Å²) in [6.07, 6.45) is 0.894. The van der Waals surface area contributed by atoms with Crippen LogP contribution in [0, 0.1) is 0 Å². The molecule has 1 aliphatic heterocycles. The molecule has 26 heavy (non-hydrogen) atoms. The number of hydrogen-bond acceptors (Lipinski definition) is 5. The van der Waals surface area contributed by atoms with E-state index in [-0.39, 0.29) is 11.5 Å². The zero-order valence-electron chi connectivity index (χ0n) is 14.5. The van der Waals surface area contributed by atoms with Gasteiger partial charge in [-0.2, -0.15) is 0 Å². The van der Waals surface area contributed by atoms with E-state index in [4.69, 9.17) is 0 Å². The Bertz CT molecular complexity index is 1030. The number of nitrogens with zero attached hydrogens (tertiary/aromatic N) is 3. The summed E-state index contributed by atoms with van der Waals surface area (Å²) in [5.41, 5.74) is 3.25. The highest BCUT2D eigenvalue weighted by Crippen LogP contribution is 2.23. The third-order valence-corrected chi connectivity index (χ3v) is 6.51. The van der Waals surface area contributed by atoms with Crippen molar-refractivity contribution in [2.75, 3.05) is 12.3 Å². The van der Waals surface area contributed by atoms with E-state index in [1.807, 2.05) is 35.4 Å². The molecule has 3 heterocycles. The fraction of sp³-hybridized carbons (Fsp3) is 0.316. The molecule has 0 saturated carbocycles. The molecule has 0 atom stereocenters. The SMILES string of the molecule is CCn1c(SCC(=O)N2CCc3ccccc3C2)nc2ccsc2c1=O. The standard InChI is InChI=1S/C19H19N3O2S2/c1-2-22-18(24)17-15(8-10-25-17)20-19(22)26-12-16(23)21-9-7-13-5-3-4-6-14(13)11-21/h3-6,8,10H,2,7,9,11-12H2,1H3. The highest BCUT2D eigenvalue weighted by atomic mass is 32.2. The van der Waals surface area contributed by atoms with Crippen LogP contribution >= 0.6 is 23.1 Å². The van der Waals surface area contributed by atoms with Gasteiger partial charge in [-0.1, -0.05) is 36.0 Å². The van der Waals surface area contributed by atoms with Crippen molar-refractivity contribution in [2.45, 2.75) is 31.6 Å². The first-order valence-electron chi connectivity index (χ1n) is 8.62. The summed E-state index contributed by atoms with van der Waals surface area (Å²) in [4.78, 5) is 31.7. The maximum atomic E-state index is 12.7. The second kappa shape index (κ2) is 7.25. The summed E-state index contributed by atoms with van der Waals surface area (Å²) in [5, 5.41) is 2.50. The first kappa shape index (κ1) is 17.3. The molecule has 0 unspecified atom stereocenters. The van der Waals surface area contributed by atoms with Crippen molar-refractivity contribution in [3.8, 4) is 0 Å². The van der Waals surface area contributed by atoms with Crippen molar-refractivity contribution >= 4 is 39.2 Å². The van der Waals surface area contributed by atoms with E-state index in [0.29, 0.717) is 34.2 Å². The Hall–Kier alpha value is -2.12. The Morgan fingerprint density at radius 2 is 2.08 bits per heavy atom. The average Bonchev–Trinajstić information content (AvgIpc) is 3.14. The molecule has 3 aromatic rings. The van der Waals surface area contributed by atoms with Crippen LogP contribution < -0.4 is 5.56 Å². The van der Waals surface area contributed by atoms with E-state index in [9.17, 15) is 9.59 Å². The quantitative estimate of drug-likeness (QED) is 0.511. The lowest BCUT2D eigenvalue weighted by Gasteiger charge is -2.28. The van der Waals surface area contributed by atoms with Crippen molar-refractivity contribution in [3.63, 3.8) is 0 Å².